The summed E-state index contributed by atoms with van der Waals surface area (Å²) >= 11 is 3.20. The zero-order chi connectivity index (χ0) is 14.9. The first-order valence-corrected chi connectivity index (χ1v) is 6.03. The van der Waals surface area contributed by atoms with E-state index in [4.69, 9.17) is 10.9 Å². The minimum atomic E-state index is -4.53. The molecular formula is C11H8BrF3N4O. The summed E-state index contributed by atoms with van der Waals surface area (Å²) in [5.41, 5.74) is 5.00. The van der Waals surface area contributed by atoms with Gasteiger partial charge in [-0.3, -0.25) is 0 Å². The monoisotopic (exact) mass is 348 g/mol. The van der Waals surface area contributed by atoms with E-state index in [-0.39, 0.29) is 17.1 Å². The lowest BCUT2D eigenvalue weighted by molar-refractivity contribution is -0.141. The van der Waals surface area contributed by atoms with Crippen LogP contribution in [0, 0.1) is 0 Å². The molecule has 0 amide bonds. The number of rotatable bonds is 2. The highest BCUT2D eigenvalue weighted by Crippen LogP contribution is 2.29. The number of alkyl halides is 3. The molecule has 20 heavy (non-hydrogen) atoms. The summed E-state index contributed by atoms with van der Waals surface area (Å²) in [6.07, 6.45) is -3.38. The zero-order valence-electron chi connectivity index (χ0n) is 9.76. The van der Waals surface area contributed by atoms with Crippen molar-refractivity contribution in [2.75, 3.05) is 0 Å². The molecule has 2 rings (SSSR count). The van der Waals surface area contributed by atoms with Crippen molar-refractivity contribution in [2.24, 2.45) is 10.9 Å². The van der Waals surface area contributed by atoms with Gasteiger partial charge in [0.05, 0.1) is 11.3 Å². The predicted octanol–water partition coefficient (Wildman–Crippen LogP) is 2.75. The molecule has 0 bridgehead atoms. The highest BCUT2D eigenvalue weighted by molar-refractivity contribution is 9.10. The number of nitrogens with zero attached hydrogens (tertiary/aromatic N) is 3. The van der Waals surface area contributed by atoms with E-state index in [9.17, 15) is 13.2 Å². The maximum absolute atomic E-state index is 12.5. The van der Waals surface area contributed by atoms with E-state index in [1.54, 1.807) is 12.1 Å². The third-order valence-corrected chi connectivity index (χ3v) is 3.14. The molecule has 0 atom stereocenters. The Morgan fingerprint density at radius 2 is 2.05 bits per heavy atom. The maximum Gasteiger partial charge on any atom is 0.435 e. The standard InChI is InChI=1S/C11H8BrF3N4O/c12-6-2-1-3-7(9(6)10(16)18-20)19-5-4-8(17-19)11(13,14)15/h1-5,20H,(H2,16,18). The quantitative estimate of drug-likeness (QED) is 0.379. The first-order chi connectivity index (χ1) is 9.34. The molecule has 0 saturated heterocycles. The summed E-state index contributed by atoms with van der Waals surface area (Å²) in [7, 11) is 0. The number of amidine groups is 1. The number of halogens is 4. The van der Waals surface area contributed by atoms with Gasteiger partial charge in [-0.25, -0.2) is 4.68 Å². The molecule has 5 nitrogen and oxygen atoms in total. The van der Waals surface area contributed by atoms with Crippen LogP contribution in [-0.4, -0.2) is 20.8 Å². The van der Waals surface area contributed by atoms with Gasteiger partial charge in [0.1, 0.15) is 0 Å². The van der Waals surface area contributed by atoms with Crippen LogP contribution in [-0.2, 0) is 6.18 Å². The molecule has 0 saturated carbocycles. The van der Waals surface area contributed by atoms with E-state index in [1.807, 2.05) is 0 Å². The third kappa shape index (κ3) is 2.62. The molecule has 0 aliphatic carbocycles. The lowest BCUT2D eigenvalue weighted by Crippen LogP contribution is -2.17. The van der Waals surface area contributed by atoms with Crippen molar-refractivity contribution in [3.8, 4) is 5.69 Å². The van der Waals surface area contributed by atoms with E-state index in [1.165, 1.54) is 6.07 Å². The number of oxime groups is 1. The molecule has 0 aliphatic rings. The molecule has 1 heterocycles. The van der Waals surface area contributed by atoms with Crippen molar-refractivity contribution in [3.05, 3.63) is 46.2 Å². The van der Waals surface area contributed by atoms with Crippen molar-refractivity contribution >= 4 is 21.8 Å². The second-order valence-electron chi connectivity index (χ2n) is 3.76. The highest BCUT2D eigenvalue weighted by atomic mass is 79.9. The first kappa shape index (κ1) is 14.4. The van der Waals surface area contributed by atoms with Crippen LogP contribution in [0.25, 0.3) is 5.69 Å². The predicted molar refractivity (Wildman–Crippen MR) is 68.8 cm³/mol. The van der Waals surface area contributed by atoms with Crippen molar-refractivity contribution in [1.82, 2.24) is 9.78 Å². The summed E-state index contributed by atoms with van der Waals surface area (Å²) in [6.45, 7) is 0. The van der Waals surface area contributed by atoms with Crippen LogP contribution in [0.3, 0.4) is 0 Å². The summed E-state index contributed by atoms with van der Waals surface area (Å²) in [6, 6.07) is 5.57. The second kappa shape index (κ2) is 5.16. The Balaban J connectivity index is 2.59. The third-order valence-electron chi connectivity index (χ3n) is 2.48. The molecule has 0 fully saturated rings. The van der Waals surface area contributed by atoms with Crippen LogP contribution in [0.2, 0.25) is 0 Å². The fraction of sp³-hybridized carbons (Fsp3) is 0.0909. The number of benzene rings is 1. The van der Waals surface area contributed by atoms with Gasteiger partial charge < -0.3 is 10.9 Å². The normalized spacial score (nSPS) is 12.7. The van der Waals surface area contributed by atoms with Crippen LogP contribution < -0.4 is 5.73 Å². The first-order valence-electron chi connectivity index (χ1n) is 5.24. The van der Waals surface area contributed by atoms with Crippen LogP contribution in [0.4, 0.5) is 13.2 Å². The molecule has 0 aliphatic heterocycles. The van der Waals surface area contributed by atoms with E-state index < -0.39 is 11.9 Å². The van der Waals surface area contributed by atoms with Gasteiger partial charge in [0.2, 0.25) is 0 Å². The molecule has 2 aromatic rings. The largest absolute Gasteiger partial charge is 0.435 e. The molecule has 3 N–H and O–H groups in total. The maximum atomic E-state index is 12.5. The Labute approximate surface area is 119 Å². The van der Waals surface area contributed by atoms with Gasteiger partial charge >= 0.3 is 6.18 Å². The average molecular weight is 349 g/mol. The van der Waals surface area contributed by atoms with Gasteiger partial charge in [0.25, 0.3) is 0 Å². The number of hydrogen-bond acceptors (Lipinski definition) is 3. The molecule has 1 aromatic heterocycles. The molecule has 0 radical (unpaired) electrons. The van der Waals surface area contributed by atoms with Crippen LogP contribution in [0.15, 0.2) is 40.1 Å². The Morgan fingerprint density at radius 1 is 1.35 bits per heavy atom. The smallest absolute Gasteiger partial charge is 0.409 e. The Kier molecular flexibility index (Phi) is 3.71. The van der Waals surface area contributed by atoms with Crippen LogP contribution in [0.1, 0.15) is 11.3 Å². The summed E-state index contributed by atoms with van der Waals surface area (Å²) in [4.78, 5) is 0. The number of hydrogen-bond donors (Lipinski definition) is 2. The number of nitrogens with two attached hydrogens (primary N) is 1. The van der Waals surface area contributed by atoms with Gasteiger partial charge in [-0.2, -0.15) is 18.3 Å². The fourth-order valence-electron chi connectivity index (χ4n) is 1.62. The zero-order valence-corrected chi connectivity index (χ0v) is 11.4. The molecule has 0 spiro atoms. The van der Waals surface area contributed by atoms with Crippen LogP contribution >= 0.6 is 15.9 Å². The second-order valence-corrected chi connectivity index (χ2v) is 4.62. The fourth-order valence-corrected chi connectivity index (χ4v) is 2.18. The lowest BCUT2D eigenvalue weighted by atomic mass is 10.1. The van der Waals surface area contributed by atoms with E-state index in [2.05, 4.69) is 26.2 Å². The van der Waals surface area contributed by atoms with Crippen molar-refractivity contribution in [1.29, 1.82) is 0 Å². The van der Waals surface area contributed by atoms with Gasteiger partial charge in [-0.05, 0) is 34.1 Å². The topological polar surface area (TPSA) is 76.4 Å². The van der Waals surface area contributed by atoms with E-state index >= 15 is 0 Å². The summed E-state index contributed by atoms with van der Waals surface area (Å²) < 4.78 is 39.1. The minimum Gasteiger partial charge on any atom is -0.409 e. The summed E-state index contributed by atoms with van der Waals surface area (Å²) in [5, 5.41) is 15.1. The molecule has 0 unspecified atom stereocenters. The van der Waals surface area contributed by atoms with Gasteiger partial charge in [-0.1, -0.05) is 11.2 Å². The van der Waals surface area contributed by atoms with Crippen molar-refractivity contribution in [2.45, 2.75) is 6.18 Å². The van der Waals surface area contributed by atoms with Crippen LogP contribution in [0.5, 0.6) is 0 Å². The Hall–Kier alpha value is -2.03. The Morgan fingerprint density at radius 3 is 2.60 bits per heavy atom. The lowest BCUT2D eigenvalue weighted by Gasteiger charge is -2.10. The SMILES string of the molecule is N/C(=N/O)c1c(Br)cccc1-n1ccc(C(F)(F)F)n1. The average Bonchev–Trinajstić information content (AvgIpc) is 2.87. The molecular weight excluding hydrogens is 341 g/mol. The highest BCUT2D eigenvalue weighted by Gasteiger charge is 2.33. The summed E-state index contributed by atoms with van der Waals surface area (Å²) in [5.74, 6) is -0.239. The number of aromatic nitrogens is 2. The molecule has 9 heteroatoms. The van der Waals surface area contributed by atoms with Gasteiger partial charge in [0.15, 0.2) is 11.5 Å². The van der Waals surface area contributed by atoms with Crippen molar-refractivity contribution < 1.29 is 18.4 Å². The minimum absolute atomic E-state index is 0.239. The Bertz CT molecular complexity index is 666. The van der Waals surface area contributed by atoms with E-state index in [0.717, 1.165) is 16.9 Å². The van der Waals surface area contributed by atoms with Crippen molar-refractivity contribution in [3.63, 3.8) is 0 Å². The molecule has 1 aromatic carbocycles. The van der Waals surface area contributed by atoms with E-state index in [0.29, 0.717) is 4.47 Å². The van der Waals surface area contributed by atoms with Gasteiger partial charge in [0, 0.05) is 10.7 Å². The van der Waals surface area contributed by atoms with Gasteiger partial charge in [-0.15, -0.1) is 0 Å². The molecule has 106 valence electrons.